The molecule has 0 aliphatic carbocycles. The summed E-state index contributed by atoms with van der Waals surface area (Å²) in [7, 11) is -4.04. The van der Waals surface area contributed by atoms with Crippen LogP contribution in [0.3, 0.4) is 0 Å². The topological polar surface area (TPSA) is 55.4 Å². The molecule has 0 radical (unpaired) electrons. The van der Waals surface area contributed by atoms with Crippen molar-refractivity contribution in [3.63, 3.8) is 0 Å². The van der Waals surface area contributed by atoms with Crippen molar-refractivity contribution in [1.82, 2.24) is 0 Å². The average Bonchev–Trinajstić information content (AvgIpc) is 2.40. The molecule has 2 aromatic rings. The average molecular weight is 396 g/mol. The smallest absolute Gasteiger partial charge is 0.406 e. The van der Waals surface area contributed by atoms with E-state index in [0.717, 1.165) is 18.2 Å². The molecule has 0 unspecified atom stereocenters. The quantitative estimate of drug-likeness (QED) is 0.845. The Bertz CT molecular complexity index is 778. The lowest BCUT2D eigenvalue weighted by atomic mass is 10.3. The molecule has 0 aromatic heterocycles. The lowest BCUT2D eigenvalue weighted by Gasteiger charge is -2.12. The summed E-state index contributed by atoms with van der Waals surface area (Å²) in [6.45, 7) is 0. The number of rotatable bonds is 4. The van der Waals surface area contributed by atoms with E-state index in [2.05, 4.69) is 25.4 Å². The SMILES string of the molecule is O=S(=O)(Nc1ccccc1Br)c1cccc(OC(F)(F)F)c1. The van der Waals surface area contributed by atoms with Crippen LogP contribution in [0.1, 0.15) is 0 Å². The van der Waals surface area contributed by atoms with Gasteiger partial charge in [0.25, 0.3) is 10.0 Å². The Kier molecular flexibility index (Phi) is 4.66. The van der Waals surface area contributed by atoms with E-state index < -0.39 is 22.1 Å². The van der Waals surface area contributed by atoms with Gasteiger partial charge in [0.05, 0.1) is 10.6 Å². The molecule has 0 spiro atoms. The maximum atomic E-state index is 12.2. The van der Waals surface area contributed by atoms with Crippen LogP contribution < -0.4 is 9.46 Å². The summed E-state index contributed by atoms with van der Waals surface area (Å²) < 4.78 is 67.4. The van der Waals surface area contributed by atoms with Crippen molar-refractivity contribution in [2.45, 2.75) is 11.3 Å². The zero-order valence-electron chi connectivity index (χ0n) is 10.8. The fourth-order valence-corrected chi connectivity index (χ4v) is 3.22. The second-order valence-electron chi connectivity index (χ2n) is 4.11. The Hall–Kier alpha value is -1.74. The van der Waals surface area contributed by atoms with E-state index in [1.807, 2.05) is 0 Å². The fraction of sp³-hybridized carbons (Fsp3) is 0.0769. The van der Waals surface area contributed by atoms with E-state index in [0.29, 0.717) is 4.47 Å². The molecule has 0 atom stereocenters. The summed E-state index contributed by atoms with van der Waals surface area (Å²) in [5.41, 5.74) is 0.268. The van der Waals surface area contributed by atoms with Crippen molar-refractivity contribution in [3.05, 3.63) is 53.0 Å². The van der Waals surface area contributed by atoms with Crippen LogP contribution in [-0.4, -0.2) is 14.8 Å². The molecule has 0 heterocycles. The van der Waals surface area contributed by atoms with Crippen molar-refractivity contribution in [1.29, 1.82) is 0 Å². The number of hydrogen-bond donors (Lipinski definition) is 1. The predicted molar refractivity (Wildman–Crippen MR) is 78.1 cm³/mol. The molecule has 1 N–H and O–H groups in total. The molecule has 0 bridgehead atoms. The van der Waals surface area contributed by atoms with Gasteiger partial charge in [-0.15, -0.1) is 13.2 Å². The molecule has 0 fully saturated rings. The highest BCUT2D eigenvalue weighted by molar-refractivity contribution is 9.10. The highest BCUT2D eigenvalue weighted by Crippen LogP contribution is 2.27. The highest BCUT2D eigenvalue weighted by Gasteiger charge is 2.31. The van der Waals surface area contributed by atoms with Gasteiger partial charge in [0.15, 0.2) is 0 Å². The Balaban J connectivity index is 2.30. The van der Waals surface area contributed by atoms with E-state index in [1.165, 1.54) is 12.1 Å². The first-order chi connectivity index (χ1) is 10.2. The van der Waals surface area contributed by atoms with Gasteiger partial charge in [0.2, 0.25) is 0 Å². The van der Waals surface area contributed by atoms with Gasteiger partial charge in [-0.25, -0.2) is 8.42 Å². The minimum absolute atomic E-state index is 0.268. The van der Waals surface area contributed by atoms with Crippen LogP contribution >= 0.6 is 15.9 Å². The van der Waals surface area contributed by atoms with Crippen LogP contribution in [-0.2, 0) is 10.0 Å². The number of ether oxygens (including phenoxy) is 1. The van der Waals surface area contributed by atoms with Crippen molar-refractivity contribution in [2.75, 3.05) is 4.72 Å². The molecule has 2 aromatic carbocycles. The number of anilines is 1. The standard InChI is InChI=1S/C13H9BrF3NO3S/c14-11-6-1-2-7-12(11)18-22(19,20)10-5-3-4-9(8-10)21-13(15,16)17/h1-8,18H. The predicted octanol–water partition coefficient (Wildman–Crippen LogP) is 4.15. The van der Waals surface area contributed by atoms with Crippen molar-refractivity contribution in [3.8, 4) is 5.75 Å². The number of para-hydroxylation sites is 1. The van der Waals surface area contributed by atoms with Gasteiger partial charge in [0.1, 0.15) is 5.75 Å². The third kappa shape index (κ3) is 4.38. The summed E-state index contributed by atoms with van der Waals surface area (Å²) in [5.74, 6) is -0.609. The maximum absolute atomic E-state index is 12.2. The third-order valence-electron chi connectivity index (χ3n) is 2.47. The summed E-state index contributed by atoms with van der Waals surface area (Å²) in [6.07, 6.45) is -4.89. The summed E-state index contributed by atoms with van der Waals surface area (Å²) in [4.78, 5) is -0.343. The maximum Gasteiger partial charge on any atom is 0.573 e. The second kappa shape index (κ2) is 6.17. The van der Waals surface area contributed by atoms with Crippen LogP contribution in [0.15, 0.2) is 57.9 Å². The number of halogens is 4. The van der Waals surface area contributed by atoms with E-state index in [-0.39, 0.29) is 10.6 Å². The van der Waals surface area contributed by atoms with Crippen LogP contribution in [0.25, 0.3) is 0 Å². The van der Waals surface area contributed by atoms with Crippen molar-refractivity contribution < 1.29 is 26.3 Å². The zero-order chi connectivity index (χ0) is 16.4. The zero-order valence-corrected chi connectivity index (χ0v) is 13.2. The minimum atomic E-state index is -4.89. The van der Waals surface area contributed by atoms with Gasteiger partial charge in [0, 0.05) is 10.5 Å². The molecular weight excluding hydrogens is 387 g/mol. The molecule has 0 saturated heterocycles. The number of hydrogen-bond acceptors (Lipinski definition) is 3. The summed E-state index contributed by atoms with van der Waals surface area (Å²) in [5, 5.41) is 0. The lowest BCUT2D eigenvalue weighted by Crippen LogP contribution is -2.18. The van der Waals surface area contributed by atoms with Gasteiger partial charge in [-0.3, -0.25) is 4.72 Å². The van der Waals surface area contributed by atoms with Crippen molar-refractivity contribution >= 4 is 31.6 Å². The highest BCUT2D eigenvalue weighted by atomic mass is 79.9. The normalized spacial score (nSPS) is 12.0. The molecule has 0 aliphatic heterocycles. The Morgan fingerprint density at radius 2 is 1.73 bits per heavy atom. The summed E-state index contributed by atoms with van der Waals surface area (Å²) >= 11 is 3.18. The first-order valence-corrected chi connectivity index (χ1v) is 8.08. The number of nitrogens with one attached hydrogen (secondary N) is 1. The van der Waals surface area contributed by atoms with Crippen molar-refractivity contribution in [2.24, 2.45) is 0 Å². The first-order valence-electron chi connectivity index (χ1n) is 5.80. The van der Waals surface area contributed by atoms with E-state index in [1.54, 1.807) is 18.2 Å². The third-order valence-corrected chi connectivity index (χ3v) is 4.52. The second-order valence-corrected chi connectivity index (χ2v) is 6.64. The van der Waals surface area contributed by atoms with E-state index >= 15 is 0 Å². The van der Waals surface area contributed by atoms with Gasteiger partial charge in [-0.05, 0) is 40.2 Å². The minimum Gasteiger partial charge on any atom is -0.406 e. The van der Waals surface area contributed by atoms with Crippen LogP contribution in [0.4, 0.5) is 18.9 Å². The largest absolute Gasteiger partial charge is 0.573 e. The van der Waals surface area contributed by atoms with Gasteiger partial charge in [-0.2, -0.15) is 0 Å². The molecule has 0 aliphatic rings. The van der Waals surface area contributed by atoms with E-state index in [9.17, 15) is 21.6 Å². The molecule has 4 nitrogen and oxygen atoms in total. The Morgan fingerprint density at radius 3 is 2.36 bits per heavy atom. The van der Waals surface area contributed by atoms with Crippen LogP contribution in [0, 0.1) is 0 Å². The van der Waals surface area contributed by atoms with E-state index in [4.69, 9.17) is 0 Å². The van der Waals surface area contributed by atoms with Gasteiger partial charge < -0.3 is 4.74 Å². The van der Waals surface area contributed by atoms with Crippen LogP contribution in [0.2, 0.25) is 0 Å². The molecule has 0 amide bonds. The number of sulfonamides is 1. The molecule has 2 rings (SSSR count). The molecular formula is C13H9BrF3NO3S. The van der Waals surface area contributed by atoms with Crippen LogP contribution in [0.5, 0.6) is 5.75 Å². The van der Waals surface area contributed by atoms with Gasteiger partial charge >= 0.3 is 6.36 Å². The van der Waals surface area contributed by atoms with Gasteiger partial charge in [-0.1, -0.05) is 18.2 Å². The molecule has 118 valence electrons. The fourth-order valence-electron chi connectivity index (χ4n) is 1.59. The summed E-state index contributed by atoms with van der Waals surface area (Å²) in [6, 6.07) is 10.6. The Labute approximate surface area is 133 Å². The Morgan fingerprint density at radius 1 is 1.05 bits per heavy atom. The molecule has 0 saturated carbocycles. The number of alkyl halides is 3. The molecule has 22 heavy (non-hydrogen) atoms. The first kappa shape index (κ1) is 16.6. The monoisotopic (exact) mass is 395 g/mol. The lowest BCUT2D eigenvalue weighted by molar-refractivity contribution is -0.274. The molecule has 9 heteroatoms. The number of benzene rings is 2.